The van der Waals surface area contributed by atoms with Gasteiger partial charge >= 0.3 is 6.18 Å². The third-order valence-electron chi connectivity index (χ3n) is 4.92. The molecular weight excluding hydrogens is 391 g/mol. The normalized spacial score (nSPS) is 20.2. The molecule has 5 nitrogen and oxygen atoms in total. The Morgan fingerprint density at radius 2 is 2.25 bits per heavy atom. The Morgan fingerprint density at radius 3 is 3.00 bits per heavy atom. The van der Waals surface area contributed by atoms with E-state index in [9.17, 15) is 18.0 Å². The number of nitrogens with one attached hydrogen (secondary N) is 1. The Kier molecular flexibility index (Phi) is 5.39. The first-order valence-corrected chi connectivity index (χ1v) is 10.00. The van der Waals surface area contributed by atoms with E-state index in [0.717, 1.165) is 29.5 Å². The number of carbonyl (C=O) groups is 1. The first-order valence-electron chi connectivity index (χ1n) is 9.18. The van der Waals surface area contributed by atoms with E-state index in [1.165, 1.54) is 23.5 Å². The highest BCUT2D eigenvalue weighted by Crippen LogP contribution is 2.32. The molecule has 9 heteroatoms. The number of benzene rings is 1. The summed E-state index contributed by atoms with van der Waals surface area (Å²) >= 11 is 1.42. The fraction of sp³-hybridized carbons (Fsp3) is 0.474. The number of hydrogen-bond donors (Lipinski definition) is 1. The predicted molar refractivity (Wildman–Crippen MR) is 99.0 cm³/mol. The molecule has 1 unspecified atom stereocenters. The maximum Gasteiger partial charge on any atom is 0.416 e. The number of aromatic nitrogens is 1. The van der Waals surface area contributed by atoms with Crippen molar-refractivity contribution in [3.05, 3.63) is 46.0 Å². The third kappa shape index (κ3) is 4.37. The lowest BCUT2D eigenvalue weighted by Crippen LogP contribution is -2.29. The van der Waals surface area contributed by atoms with Gasteiger partial charge in [0.1, 0.15) is 6.10 Å². The van der Waals surface area contributed by atoms with Crippen LogP contribution in [0.2, 0.25) is 0 Å². The largest absolute Gasteiger partial charge is 0.416 e. The summed E-state index contributed by atoms with van der Waals surface area (Å²) in [6.07, 6.45) is -2.42. The van der Waals surface area contributed by atoms with Gasteiger partial charge in [0, 0.05) is 37.5 Å². The molecule has 3 heterocycles. The monoisotopic (exact) mass is 411 g/mol. The van der Waals surface area contributed by atoms with Gasteiger partial charge in [0.15, 0.2) is 5.13 Å². The fourth-order valence-corrected chi connectivity index (χ4v) is 4.56. The number of halogens is 3. The summed E-state index contributed by atoms with van der Waals surface area (Å²) in [4.78, 5) is 19.8. The van der Waals surface area contributed by atoms with Crippen molar-refractivity contribution in [1.29, 1.82) is 0 Å². The molecule has 0 aliphatic carbocycles. The van der Waals surface area contributed by atoms with Crippen molar-refractivity contribution in [3.63, 3.8) is 0 Å². The topological polar surface area (TPSA) is 54.5 Å². The van der Waals surface area contributed by atoms with Crippen LogP contribution in [0, 0.1) is 0 Å². The van der Waals surface area contributed by atoms with E-state index in [0.29, 0.717) is 43.4 Å². The fourth-order valence-electron chi connectivity index (χ4n) is 3.51. The molecule has 1 N–H and O–H groups in total. The quantitative estimate of drug-likeness (QED) is 0.831. The lowest BCUT2D eigenvalue weighted by atomic mass is 10.1. The van der Waals surface area contributed by atoms with Crippen LogP contribution in [0.5, 0.6) is 0 Å². The van der Waals surface area contributed by atoms with Crippen LogP contribution in [0.4, 0.5) is 18.3 Å². The Hall–Kier alpha value is -1.97. The van der Waals surface area contributed by atoms with Crippen LogP contribution in [-0.2, 0) is 35.2 Å². The predicted octanol–water partition coefficient (Wildman–Crippen LogP) is 3.84. The van der Waals surface area contributed by atoms with Crippen molar-refractivity contribution in [3.8, 4) is 0 Å². The molecule has 4 rings (SSSR count). The molecule has 1 aromatic carbocycles. The van der Waals surface area contributed by atoms with Gasteiger partial charge in [-0.05, 0) is 24.5 Å². The van der Waals surface area contributed by atoms with Crippen LogP contribution in [0.15, 0.2) is 24.3 Å². The number of alkyl halides is 3. The summed E-state index contributed by atoms with van der Waals surface area (Å²) in [5.41, 5.74) is 0.960. The van der Waals surface area contributed by atoms with Gasteiger partial charge in [0.2, 0.25) is 0 Å². The SMILES string of the molecule is O=C(Nc1nc2c(s1)CN(Cc1cccc(C(F)(F)F)c1)CC2)C1CCCO1. The second kappa shape index (κ2) is 7.81. The van der Waals surface area contributed by atoms with Crippen LogP contribution in [0.25, 0.3) is 0 Å². The summed E-state index contributed by atoms with van der Waals surface area (Å²) in [5, 5.41) is 3.39. The van der Waals surface area contributed by atoms with Gasteiger partial charge in [0.05, 0.1) is 11.3 Å². The molecule has 0 spiro atoms. The molecule has 1 aromatic heterocycles. The number of ether oxygens (including phenoxy) is 1. The number of anilines is 1. The Balaban J connectivity index is 1.40. The van der Waals surface area contributed by atoms with Crippen molar-refractivity contribution >= 4 is 22.4 Å². The smallest absolute Gasteiger partial charge is 0.368 e. The Morgan fingerprint density at radius 1 is 1.39 bits per heavy atom. The van der Waals surface area contributed by atoms with Gasteiger partial charge in [-0.1, -0.05) is 18.2 Å². The minimum atomic E-state index is -4.33. The van der Waals surface area contributed by atoms with E-state index in [-0.39, 0.29) is 5.91 Å². The first kappa shape index (κ1) is 19.4. The number of hydrogen-bond acceptors (Lipinski definition) is 5. The molecule has 0 bridgehead atoms. The summed E-state index contributed by atoms with van der Waals surface area (Å²) < 4.78 is 44.1. The number of rotatable bonds is 4. The first-order chi connectivity index (χ1) is 13.4. The van der Waals surface area contributed by atoms with Crippen molar-refractivity contribution in [2.45, 2.75) is 44.6 Å². The van der Waals surface area contributed by atoms with E-state index in [4.69, 9.17) is 4.74 Å². The van der Waals surface area contributed by atoms with Crippen molar-refractivity contribution in [2.24, 2.45) is 0 Å². The lowest BCUT2D eigenvalue weighted by molar-refractivity contribution is -0.137. The van der Waals surface area contributed by atoms with Crippen LogP contribution in [-0.4, -0.2) is 35.0 Å². The van der Waals surface area contributed by atoms with Crippen molar-refractivity contribution < 1.29 is 22.7 Å². The molecule has 0 saturated carbocycles. The molecule has 2 aliphatic rings. The molecule has 1 amide bonds. The molecule has 2 aromatic rings. The van der Waals surface area contributed by atoms with Crippen LogP contribution < -0.4 is 5.32 Å². The molecule has 150 valence electrons. The van der Waals surface area contributed by atoms with Crippen LogP contribution >= 0.6 is 11.3 Å². The van der Waals surface area contributed by atoms with Gasteiger partial charge in [-0.2, -0.15) is 13.2 Å². The Labute approximate surface area is 164 Å². The highest BCUT2D eigenvalue weighted by molar-refractivity contribution is 7.15. The molecule has 1 fully saturated rings. The van der Waals surface area contributed by atoms with E-state index in [2.05, 4.69) is 15.2 Å². The number of carbonyl (C=O) groups excluding carboxylic acids is 1. The maximum absolute atomic E-state index is 12.9. The second-order valence-corrected chi connectivity index (χ2v) is 8.12. The number of thiazole rings is 1. The van der Waals surface area contributed by atoms with Gasteiger partial charge in [0.25, 0.3) is 5.91 Å². The molecule has 2 aliphatic heterocycles. The van der Waals surface area contributed by atoms with E-state index >= 15 is 0 Å². The second-order valence-electron chi connectivity index (χ2n) is 7.04. The molecule has 0 radical (unpaired) electrons. The van der Waals surface area contributed by atoms with Gasteiger partial charge < -0.3 is 4.74 Å². The van der Waals surface area contributed by atoms with Gasteiger partial charge in [-0.3, -0.25) is 15.0 Å². The highest BCUT2D eigenvalue weighted by Gasteiger charge is 2.31. The van der Waals surface area contributed by atoms with Crippen LogP contribution in [0.1, 0.15) is 34.5 Å². The van der Waals surface area contributed by atoms with Crippen molar-refractivity contribution in [1.82, 2.24) is 9.88 Å². The van der Waals surface area contributed by atoms with E-state index in [1.54, 1.807) is 6.07 Å². The number of nitrogens with zero attached hydrogens (tertiary/aromatic N) is 2. The van der Waals surface area contributed by atoms with E-state index < -0.39 is 17.8 Å². The van der Waals surface area contributed by atoms with Gasteiger partial charge in [-0.15, -0.1) is 11.3 Å². The highest BCUT2D eigenvalue weighted by atomic mass is 32.1. The number of amides is 1. The number of fused-ring (bicyclic) bond motifs is 1. The lowest BCUT2D eigenvalue weighted by Gasteiger charge is -2.26. The summed E-state index contributed by atoms with van der Waals surface area (Å²) in [6, 6.07) is 5.45. The zero-order chi connectivity index (χ0) is 19.7. The average molecular weight is 411 g/mol. The minimum absolute atomic E-state index is 0.163. The maximum atomic E-state index is 12.9. The Bertz CT molecular complexity index is 862. The summed E-state index contributed by atoms with van der Waals surface area (Å²) in [6.45, 7) is 2.38. The average Bonchev–Trinajstić information content (AvgIpc) is 3.30. The van der Waals surface area contributed by atoms with Gasteiger partial charge in [-0.25, -0.2) is 4.98 Å². The molecule has 1 saturated heterocycles. The molecule has 28 heavy (non-hydrogen) atoms. The molecular formula is C19H20F3N3O2S. The standard InChI is InChI=1S/C19H20F3N3O2S/c20-19(21,22)13-4-1-3-12(9-13)10-25-7-6-14-16(11-25)28-18(23-14)24-17(26)15-5-2-8-27-15/h1,3-4,9,15H,2,5-8,10-11H2,(H,23,24,26). The van der Waals surface area contributed by atoms with Crippen molar-refractivity contribution in [2.75, 3.05) is 18.5 Å². The van der Waals surface area contributed by atoms with E-state index in [1.807, 2.05) is 0 Å². The summed E-state index contributed by atoms with van der Waals surface area (Å²) in [7, 11) is 0. The van der Waals surface area contributed by atoms with Crippen LogP contribution in [0.3, 0.4) is 0 Å². The zero-order valence-electron chi connectivity index (χ0n) is 15.1. The summed E-state index contributed by atoms with van der Waals surface area (Å²) in [5.74, 6) is -0.163. The molecule has 1 atom stereocenters. The third-order valence-corrected chi connectivity index (χ3v) is 5.92. The zero-order valence-corrected chi connectivity index (χ0v) is 15.9. The minimum Gasteiger partial charge on any atom is -0.368 e.